The summed E-state index contributed by atoms with van der Waals surface area (Å²) in [5.74, 6) is 0.513. The molecule has 0 unspecified atom stereocenters. The van der Waals surface area contributed by atoms with Crippen LogP contribution in [-0.4, -0.2) is 25.6 Å². The van der Waals surface area contributed by atoms with Crippen molar-refractivity contribution in [1.29, 1.82) is 0 Å². The smallest absolute Gasteiger partial charge is 0.258 e. The summed E-state index contributed by atoms with van der Waals surface area (Å²) in [6.07, 6.45) is 2.69. The number of aryl methyl sites for hydroxylation is 1. The Morgan fingerprint density at radius 3 is 2.50 bits per heavy atom. The molecular weight excluding hydrogens is 348 g/mol. The summed E-state index contributed by atoms with van der Waals surface area (Å²) in [5, 5.41) is 3.58. The van der Waals surface area contributed by atoms with Crippen molar-refractivity contribution in [3.05, 3.63) is 64.2 Å². The summed E-state index contributed by atoms with van der Waals surface area (Å²) in [7, 11) is 0. The minimum absolute atomic E-state index is 0.00250. The zero-order valence-corrected chi connectivity index (χ0v) is 15.9. The fraction of sp³-hybridized carbons (Fsp3) is 0.381. The highest BCUT2D eigenvalue weighted by atomic mass is 35.5. The van der Waals surface area contributed by atoms with Gasteiger partial charge in [-0.1, -0.05) is 35.9 Å². The molecule has 0 atom stereocenters. The van der Waals surface area contributed by atoms with Crippen LogP contribution in [0.4, 0.5) is 0 Å². The molecule has 1 saturated heterocycles. The Bertz CT molecular complexity index is 740. The van der Waals surface area contributed by atoms with Crippen LogP contribution in [0.1, 0.15) is 29.5 Å². The molecular formula is C21H26ClN2O2+. The van der Waals surface area contributed by atoms with Gasteiger partial charge in [-0.25, -0.2) is 0 Å². The van der Waals surface area contributed by atoms with Crippen LogP contribution in [0, 0.1) is 6.92 Å². The first-order valence-corrected chi connectivity index (χ1v) is 9.55. The van der Waals surface area contributed by atoms with Crippen molar-refractivity contribution in [2.24, 2.45) is 0 Å². The van der Waals surface area contributed by atoms with Crippen molar-refractivity contribution in [3.63, 3.8) is 0 Å². The number of amides is 1. The molecule has 0 aliphatic carbocycles. The third-order valence-corrected chi connectivity index (χ3v) is 5.20. The van der Waals surface area contributed by atoms with E-state index >= 15 is 0 Å². The summed E-state index contributed by atoms with van der Waals surface area (Å²) in [4.78, 5) is 13.6. The van der Waals surface area contributed by atoms with Gasteiger partial charge in [0.05, 0.1) is 13.1 Å². The highest BCUT2D eigenvalue weighted by molar-refractivity contribution is 6.31. The lowest BCUT2D eigenvalue weighted by Gasteiger charge is -2.12. The molecule has 2 aromatic carbocycles. The summed E-state index contributed by atoms with van der Waals surface area (Å²) < 4.78 is 5.51. The van der Waals surface area contributed by atoms with Crippen LogP contribution in [0.15, 0.2) is 42.5 Å². The molecule has 4 nitrogen and oxygen atoms in total. The van der Waals surface area contributed by atoms with Gasteiger partial charge in [-0.3, -0.25) is 4.79 Å². The first-order chi connectivity index (χ1) is 12.6. The van der Waals surface area contributed by atoms with Gasteiger partial charge in [0.15, 0.2) is 6.61 Å². The Hall–Kier alpha value is -2.04. The molecule has 26 heavy (non-hydrogen) atoms. The van der Waals surface area contributed by atoms with E-state index in [2.05, 4.69) is 29.6 Å². The number of carbonyl (C=O) groups is 1. The van der Waals surface area contributed by atoms with E-state index < -0.39 is 0 Å². The second-order valence-electron chi connectivity index (χ2n) is 6.93. The molecule has 1 heterocycles. The van der Waals surface area contributed by atoms with Gasteiger partial charge in [-0.05, 0) is 36.2 Å². The average molecular weight is 374 g/mol. The molecule has 3 rings (SSSR count). The normalized spacial score (nSPS) is 14.4. The number of nitrogens with one attached hydrogen (secondary N) is 2. The van der Waals surface area contributed by atoms with E-state index in [1.165, 1.54) is 31.5 Å². The van der Waals surface area contributed by atoms with Crippen molar-refractivity contribution in [2.45, 2.75) is 32.9 Å². The molecule has 0 radical (unpaired) electrons. The lowest BCUT2D eigenvalue weighted by molar-refractivity contribution is -0.901. The van der Waals surface area contributed by atoms with Crippen LogP contribution in [0.3, 0.4) is 0 Å². The van der Waals surface area contributed by atoms with Crippen LogP contribution in [0.5, 0.6) is 5.75 Å². The maximum absolute atomic E-state index is 12.0. The van der Waals surface area contributed by atoms with Crippen LogP contribution >= 0.6 is 11.6 Å². The van der Waals surface area contributed by atoms with Crippen molar-refractivity contribution in [3.8, 4) is 5.75 Å². The Kier molecular flexibility index (Phi) is 6.53. The fourth-order valence-corrected chi connectivity index (χ4v) is 3.34. The van der Waals surface area contributed by atoms with E-state index in [0.717, 1.165) is 17.7 Å². The molecule has 0 saturated carbocycles. The molecule has 0 spiro atoms. The minimum Gasteiger partial charge on any atom is -0.484 e. The third kappa shape index (κ3) is 5.48. The standard InChI is InChI=1S/C21H25ClN2O2/c1-16-12-19(8-9-20(16)22)26-15-21(25)23-13-17-4-6-18(7-5-17)14-24-10-2-3-11-24/h4-9,12H,2-3,10-11,13-15H2,1H3,(H,23,25)/p+1. The molecule has 1 aliphatic rings. The van der Waals surface area contributed by atoms with Gasteiger partial charge in [0.2, 0.25) is 0 Å². The van der Waals surface area contributed by atoms with E-state index in [1.54, 1.807) is 17.0 Å². The van der Waals surface area contributed by atoms with Gasteiger partial charge in [0.25, 0.3) is 5.91 Å². The molecule has 0 aromatic heterocycles. The van der Waals surface area contributed by atoms with Crippen LogP contribution in [0.25, 0.3) is 0 Å². The van der Waals surface area contributed by atoms with Gasteiger partial charge < -0.3 is 15.0 Å². The molecule has 1 aliphatic heterocycles. The second kappa shape index (κ2) is 9.06. The second-order valence-corrected chi connectivity index (χ2v) is 7.33. The van der Waals surface area contributed by atoms with Gasteiger partial charge in [0, 0.05) is 30.0 Å². The molecule has 2 N–H and O–H groups in total. The molecule has 2 aromatic rings. The summed E-state index contributed by atoms with van der Waals surface area (Å²) in [5.41, 5.74) is 3.39. The number of ether oxygens (including phenoxy) is 1. The maximum atomic E-state index is 12.0. The van der Waals surface area contributed by atoms with Gasteiger partial charge in [0.1, 0.15) is 12.3 Å². The van der Waals surface area contributed by atoms with E-state index in [4.69, 9.17) is 16.3 Å². The largest absolute Gasteiger partial charge is 0.484 e. The highest BCUT2D eigenvalue weighted by Crippen LogP contribution is 2.20. The van der Waals surface area contributed by atoms with E-state index in [0.29, 0.717) is 17.3 Å². The van der Waals surface area contributed by atoms with Gasteiger partial charge in [-0.15, -0.1) is 0 Å². The molecule has 1 fully saturated rings. The predicted octanol–water partition coefficient (Wildman–Crippen LogP) is 2.52. The number of halogens is 1. The number of carbonyl (C=O) groups excluding carboxylic acids is 1. The first kappa shape index (κ1) is 18.7. The lowest BCUT2D eigenvalue weighted by Crippen LogP contribution is -3.08. The highest BCUT2D eigenvalue weighted by Gasteiger charge is 2.15. The van der Waals surface area contributed by atoms with Crippen LogP contribution in [0.2, 0.25) is 5.02 Å². The first-order valence-electron chi connectivity index (χ1n) is 9.17. The van der Waals surface area contributed by atoms with Crippen molar-refractivity contribution in [2.75, 3.05) is 19.7 Å². The van der Waals surface area contributed by atoms with E-state index in [9.17, 15) is 4.79 Å². The minimum atomic E-state index is -0.136. The van der Waals surface area contributed by atoms with Gasteiger partial charge >= 0.3 is 0 Å². The number of quaternary nitrogens is 1. The molecule has 1 amide bonds. The van der Waals surface area contributed by atoms with Crippen molar-refractivity contribution in [1.82, 2.24) is 5.32 Å². The molecule has 0 bridgehead atoms. The Morgan fingerprint density at radius 1 is 1.12 bits per heavy atom. The maximum Gasteiger partial charge on any atom is 0.258 e. The number of hydrogen-bond acceptors (Lipinski definition) is 2. The quantitative estimate of drug-likeness (QED) is 0.783. The monoisotopic (exact) mass is 373 g/mol. The lowest BCUT2D eigenvalue weighted by atomic mass is 10.1. The SMILES string of the molecule is Cc1cc(OCC(=O)NCc2ccc(C[NH+]3CCCC3)cc2)ccc1Cl. The van der Waals surface area contributed by atoms with Crippen molar-refractivity contribution < 1.29 is 14.4 Å². The van der Waals surface area contributed by atoms with Crippen LogP contribution < -0.4 is 15.0 Å². The fourth-order valence-electron chi connectivity index (χ4n) is 3.22. The number of likely N-dealkylation sites (tertiary alicyclic amines) is 1. The van der Waals surface area contributed by atoms with Gasteiger partial charge in [-0.2, -0.15) is 0 Å². The zero-order valence-electron chi connectivity index (χ0n) is 15.2. The number of benzene rings is 2. The third-order valence-electron chi connectivity index (χ3n) is 4.78. The molecule has 5 heteroatoms. The van der Waals surface area contributed by atoms with Crippen molar-refractivity contribution >= 4 is 17.5 Å². The number of hydrogen-bond donors (Lipinski definition) is 2. The summed E-state index contributed by atoms with van der Waals surface area (Å²) in [6.45, 7) is 6.08. The van der Waals surface area contributed by atoms with E-state index in [-0.39, 0.29) is 12.5 Å². The van der Waals surface area contributed by atoms with Crippen LogP contribution in [-0.2, 0) is 17.9 Å². The average Bonchev–Trinajstić information content (AvgIpc) is 3.15. The Labute approximate surface area is 160 Å². The Balaban J connectivity index is 1.41. The summed E-state index contributed by atoms with van der Waals surface area (Å²) in [6, 6.07) is 13.9. The van der Waals surface area contributed by atoms with E-state index in [1.807, 2.05) is 13.0 Å². The zero-order chi connectivity index (χ0) is 18.4. The molecule has 138 valence electrons. The summed E-state index contributed by atoms with van der Waals surface area (Å²) >= 11 is 5.98. The topological polar surface area (TPSA) is 42.8 Å². The number of rotatable bonds is 7. The predicted molar refractivity (Wildman–Crippen MR) is 104 cm³/mol. The Morgan fingerprint density at radius 2 is 1.81 bits per heavy atom.